The Morgan fingerprint density at radius 3 is 2.65 bits per heavy atom. The molecule has 0 unspecified atom stereocenters. The molecule has 0 fully saturated rings. The van der Waals surface area contributed by atoms with Crippen molar-refractivity contribution in [3.8, 4) is 0 Å². The van der Waals surface area contributed by atoms with Crippen LogP contribution < -0.4 is 5.32 Å². The third-order valence-electron chi connectivity index (χ3n) is 2.58. The van der Waals surface area contributed by atoms with Crippen LogP contribution in [0.25, 0.3) is 0 Å². The van der Waals surface area contributed by atoms with Crippen molar-refractivity contribution in [2.45, 2.75) is 55.6 Å². The highest BCUT2D eigenvalue weighted by Crippen LogP contribution is 2.27. The van der Waals surface area contributed by atoms with Crippen molar-refractivity contribution in [3.63, 3.8) is 0 Å². The number of nitrogens with zero attached hydrogens (tertiary/aromatic N) is 3. The second-order valence-corrected chi connectivity index (χ2v) is 7.56. The molecule has 0 spiro atoms. The van der Waals surface area contributed by atoms with Crippen LogP contribution in [0.1, 0.15) is 39.1 Å². The Morgan fingerprint density at radius 1 is 1.30 bits per heavy atom. The van der Waals surface area contributed by atoms with E-state index in [2.05, 4.69) is 53.4 Å². The fourth-order valence-electron chi connectivity index (χ4n) is 1.46. The Bertz CT molecular complexity index is 543. The van der Waals surface area contributed by atoms with Crippen molar-refractivity contribution in [2.24, 2.45) is 0 Å². The van der Waals surface area contributed by atoms with E-state index in [0.29, 0.717) is 0 Å². The van der Waals surface area contributed by atoms with Crippen LogP contribution in [0.3, 0.4) is 0 Å². The lowest BCUT2D eigenvalue weighted by Crippen LogP contribution is -2.35. The number of rotatable bonds is 5. The monoisotopic (exact) mass is 308 g/mol. The average molecular weight is 308 g/mol. The van der Waals surface area contributed by atoms with Crippen molar-refractivity contribution in [3.05, 3.63) is 29.7 Å². The van der Waals surface area contributed by atoms with Gasteiger partial charge in [-0.1, -0.05) is 13.0 Å². The zero-order valence-corrected chi connectivity index (χ0v) is 13.9. The van der Waals surface area contributed by atoms with Crippen LogP contribution in [0.15, 0.2) is 27.7 Å². The van der Waals surface area contributed by atoms with Gasteiger partial charge in [-0.2, -0.15) is 4.37 Å². The number of nitrogens with one attached hydrogen (secondary N) is 1. The van der Waals surface area contributed by atoms with Crippen LogP contribution in [0.2, 0.25) is 0 Å². The highest BCUT2D eigenvalue weighted by Gasteiger charge is 2.09. The maximum Gasteiger partial charge on any atom is 0.176 e. The summed E-state index contributed by atoms with van der Waals surface area (Å²) in [5, 5.41) is 4.41. The Balaban J connectivity index is 1.94. The molecule has 2 aromatic rings. The van der Waals surface area contributed by atoms with Crippen LogP contribution >= 0.6 is 23.3 Å². The van der Waals surface area contributed by atoms with Gasteiger partial charge in [0.25, 0.3) is 0 Å². The van der Waals surface area contributed by atoms with E-state index < -0.39 is 0 Å². The minimum Gasteiger partial charge on any atom is -0.308 e. The lowest BCUT2D eigenvalue weighted by molar-refractivity contribution is 0.424. The van der Waals surface area contributed by atoms with Crippen LogP contribution in [0, 0.1) is 0 Å². The van der Waals surface area contributed by atoms with Gasteiger partial charge in [-0.15, -0.1) is 0 Å². The fraction of sp³-hybridized carbons (Fsp3) is 0.500. The molecule has 0 aliphatic rings. The minimum atomic E-state index is 0.122. The molecule has 2 heterocycles. The van der Waals surface area contributed by atoms with Crippen molar-refractivity contribution >= 4 is 23.3 Å². The van der Waals surface area contributed by atoms with Crippen molar-refractivity contribution in [1.82, 2.24) is 19.7 Å². The maximum absolute atomic E-state index is 4.47. The van der Waals surface area contributed by atoms with E-state index in [1.165, 1.54) is 17.1 Å². The molecule has 0 atom stereocenters. The van der Waals surface area contributed by atoms with Gasteiger partial charge in [0.05, 0.1) is 0 Å². The first-order valence-electron chi connectivity index (χ1n) is 6.66. The molecule has 0 bridgehead atoms. The molecule has 0 radical (unpaired) electrons. The number of hydrogen-bond acceptors (Lipinski definition) is 6. The summed E-state index contributed by atoms with van der Waals surface area (Å²) in [6, 6.07) is 4.15. The first-order valence-corrected chi connectivity index (χ1v) is 8.25. The molecule has 0 saturated heterocycles. The molecule has 0 aliphatic heterocycles. The average Bonchev–Trinajstić information content (AvgIpc) is 2.85. The Hall–Kier alpha value is -0.980. The van der Waals surface area contributed by atoms with Gasteiger partial charge in [-0.05, 0) is 55.7 Å². The van der Waals surface area contributed by atoms with E-state index in [0.717, 1.165) is 28.2 Å². The zero-order chi connectivity index (χ0) is 14.6. The van der Waals surface area contributed by atoms with E-state index in [1.807, 2.05) is 12.3 Å². The lowest BCUT2D eigenvalue weighted by Gasteiger charge is -2.20. The Labute approximate surface area is 128 Å². The van der Waals surface area contributed by atoms with Crippen molar-refractivity contribution < 1.29 is 0 Å². The van der Waals surface area contributed by atoms with Crippen LogP contribution in [0.4, 0.5) is 0 Å². The summed E-state index contributed by atoms with van der Waals surface area (Å²) in [6.45, 7) is 9.37. The quantitative estimate of drug-likeness (QED) is 0.915. The minimum absolute atomic E-state index is 0.122. The molecule has 6 heteroatoms. The third-order valence-corrected chi connectivity index (χ3v) is 4.32. The number of aryl methyl sites for hydroxylation is 1. The third kappa shape index (κ3) is 4.85. The summed E-state index contributed by atoms with van der Waals surface area (Å²) in [6.07, 6.45) is 2.80. The molecular formula is C14H20N4S2. The van der Waals surface area contributed by atoms with Gasteiger partial charge >= 0.3 is 0 Å². The summed E-state index contributed by atoms with van der Waals surface area (Å²) < 4.78 is 5.23. The highest BCUT2D eigenvalue weighted by atomic mass is 32.2. The molecule has 20 heavy (non-hydrogen) atoms. The molecular weight excluding hydrogens is 288 g/mol. The molecule has 108 valence electrons. The number of pyridine rings is 1. The van der Waals surface area contributed by atoms with E-state index in [4.69, 9.17) is 0 Å². The van der Waals surface area contributed by atoms with Gasteiger partial charge in [0.1, 0.15) is 10.9 Å². The second-order valence-electron chi connectivity index (χ2n) is 5.54. The predicted molar refractivity (Wildman–Crippen MR) is 84.2 cm³/mol. The van der Waals surface area contributed by atoms with E-state index >= 15 is 0 Å². The number of hydrogen-bond donors (Lipinski definition) is 1. The van der Waals surface area contributed by atoms with E-state index in [-0.39, 0.29) is 5.54 Å². The van der Waals surface area contributed by atoms with E-state index in [1.54, 1.807) is 11.8 Å². The summed E-state index contributed by atoms with van der Waals surface area (Å²) in [4.78, 5) is 8.90. The standard InChI is InChI=1S/C14H20N4S2/c1-5-11-17-13(20-18-11)19-12-7-6-10(8-15-12)9-16-14(2,3)4/h6-8,16H,5,9H2,1-4H3. The van der Waals surface area contributed by atoms with Crippen molar-refractivity contribution in [1.29, 1.82) is 0 Å². The molecule has 0 saturated carbocycles. The maximum atomic E-state index is 4.47. The predicted octanol–water partition coefficient (Wildman–Crippen LogP) is 3.53. The summed E-state index contributed by atoms with van der Waals surface area (Å²) in [5.74, 6) is 0.906. The molecule has 0 aliphatic carbocycles. The zero-order valence-electron chi connectivity index (χ0n) is 12.3. The Kier molecular flexibility index (Phi) is 5.12. The molecule has 4 nitrogen and oxygen atoms in total. The van der Waals surface area contributed by atoms with Gasteiger partial charge in [0, 0.05) is 24.7 Å². The molecule has 1 N–H and O–H groups in total. The van der Waals surface area contributed by atoms with Crippen LogP contribution in [0.5, 0.6) is 0 Å². The van der Waals surface area contributed by atoms with Crippen LogP contribution in [-0.4, -0.2) is 19.9 Å². The summed E-state index contributed by atoms with van der Waals surface area (Å²) in [7, 11) is 0. The lowest BCUT2D eigenvalue weighted by atomic mass is 10.1. The largest absolute Gasteiger partial charge is 0.308 e. The van der Waals surface area contributed by atoms with Crippen LogP contribution in [-0.2, 0) is 13.0 Å². The first kappa shape index (κ1) is 15.4. The highest BCUT2D eigenvalue weighted by molar-refractivity contribution is 8.00. The first-order chi connectivity index (χ1) is 9.46. The van der Waals surface area contributed by atoms with E-state index in [9.17, 15) is 0 Å². The van der Waals surface area contributed by atoms with Gasteiger partial charge in [-0.25, -0.2) is 9.97 Å². The SMILES string of the molecule is CCc1nsc(Sc2ccc(CNC(C)(C)C)cn2)n1. The van der Waals surface area contributed by atoms with Crippen molar-refractivity contribution in [2.75, 3.05) is 0 Å². The topological polar surface area (TPSA) is 50.7 Å². The van der Waals surface area contributed by atoms with Gasteiger partial charge in [0.2, 0.25) is 0 Å². The number of aromatic nitrogens is 3. The van der Waals surface area contributed by atoms with Gasteiger partial charge < -0.3 is 5.32 Å². The summed E-state index contributed by atoms with van der Waals surface area (Å²) >= 11 is 3.01. The fourth-order valence-corrected chi connectivity index (χ4v) is 3.04. The molecule has 2 rings (SSSR count). The Morgan fingerprint density at radius 2 is 2.10 bits per heavy atom. The molecule has 0 aromatic carbocycles. The molecule has 2 aromatic heterocycles. The summed E-state index contributed by atoms with van der Waals surface area (Å²) in [5.41, 5.74) is 1.31. The smallest absolute Gasteiger partial charge is 0.176 e. The van der Waals surface area contributed by atoms with Gasteiger partial charge in [-0.3, -0.25) is 0 Å². The molecule has 0 amide bonds. The normalized spacial score (nSPS) is 11.8. The van der Waals surface area contributed by atoms with Gasteiger partial charge in [0.15, 0.2) is 4.34 Å². The second kappa shape index (κ2) is 6.65.